The molecule has 0 bridgehead atoms. The number of nitrogens with two attached hydrogens (primary N) is 5. The van der Waals surface area contributed by atoms with Gasteiger partial charge in [0.1, 0.15) is 48.3 Å². The van der Waals surface area contributed by atoms with Crippen LogP contribution >= 0.6 is 0 Å². The molecule has 0 aromatic heterocycles. The predicted molar refractivity (Wildman–Crippen MR) is 166 cm³/mol. The molecule has 23 N–H and O–H groups in total. The van der Waals surface area contributed by atoms with Crippen molar-refractivity contribution < 1.29 is 128 Å². The van der Waals surface area contributed by atoms with Gasteiger partial charge in [0.25, 0.3) is 11.9 Å². The van der Waals surface area contributed by atoms with Gasteiger partial charge in [0.2, 0.25) is 37.5 Å². The van der Waals surface area contributed by atoms with Gasteiger partial charge >= 0.3 is 0 Å². The van der Waals surface area contributed by atoms with Crippen molar-refractivity contribution in [2.24, 2.45) is 11.5 Å². The summed E-state index contributed by atoms with van der Waals surface area (Å²) in [7, 11) is -13.2. The van der Waals surface area contributed by atoms with Crippen molar-refractivity contribution in [3.63, 3.8) is 0 Å². The van der Waals surface area contributed by atoms with Crippen LogP contribution in [0.25, 0.3) is 0 Å². The number of ether oxygens (including phenoxy) is 4. The Labute approximate surface area is 311 Å². The molecule has 0 aromatic carbocycles. The van der Waals surface area contributed by atoms with E-state index in [1.54, 1.807) is 7.05 Å². The molecule has 0 aromatic rings. The molecule has 328 valence electrons. The highest BCUT2D eigenvalue weighted by Crippen LogP contribution is 2.38. The number of quaternary nitrogens is 3. The van der Waals surface area contributed by atoms with Crippen molar-refractivity contribution in [1.82, 2.24) is 0 Å². The predicted octanol–water partition coefficient (Wildman–Crippen LogP) is -14.0. The fourth-order valence-corrected chi connectivity index (χ4v) is 5.52. The quantitative estimate of drug-likeness (QED) is 0.0442. The van der Waals surface area contributed by atoms with E-state index in [0.29, 0.717) is 0 Å². The molecule has 0 amide bonds. The van der Waals surface area contributed by atoms with Gasteiger partial charge in [0, 0.05) is 0 Å². The molecule has 1 saturated carbocycles. The van der Waals surface area contributed by atoms with Gasteiger partial charge in [0.15, 0.2) is 30.5 Å². The second kappa shape index (κ2) is 21.6. The van der Waals surface area contributed by atoms with Gasteiger partial charge in [0.05, 0.1) is 26.4 Å². The van der Waals surface area contributed by atoms with Crippen LogP contribution in [0.3, 0.4) is 0 Å². The number of hydrogen-bond donors (Lipinski definition) is 18. The van der Waals surface area contributed by atoms with Gasteiger partial charge in [-0.25, -0.2) is 36.1 Å². The Morgan fingerprint density at radius 2 is 1.15 bits per heavy atom. The lowest BCUT2D eigenvalue weighted by molar-refractivity contribution is -0.696. The molecule has 3 fully saturated rings. The maximum absolute atomic E-state index is 11.3. The summed E-state index contributed by atoms with van der Waals surface area (Å²) in [4.78, 5) is 0. The van der Waals surface area contributed by atoms with E-state index >= 15 is 0 Å². The van der Waals surface area contributed by atoms with Crippen molar-refractivity contribution in [2.45, 2.75) is 98.2 Å². The third-order valence-electron chi connectivity index (χ3n) is 7.91. The molecule has 31 nitrogen and oxygen atoms in total. The van der Waals surface area contributed by atoms with E-state index in [1.165, 1.54) is 12.2 Å². The maximum Gasteiger partial charge on any atom is 0.289 e. The molecule has 0 spiro atoms. The van der Waals surface area contributed by atoms with Crippen molar-refractivity contribution in [3.05, 3.63) is 0 Å². The van der Waals surface area contributed by atoms with Gasteiger partial charge in [-0.1, -0.05) is 0 Å². The Bertz CT molecular complexity index is 1470. The van der Waals surface area contributed by atoms with Crippen LogP contribution in [-0.4, -0.2) is 217 Å². The first-order chi connectivity index (χ1) is 24.7. The average molecular weight is 878 g/mol. The van der Waals surface area contributed by atoms with Gasteiger partial charge in [-0.15, -0.1) is 0 Å². The number of aliphatic hydroxyl groups is 8. The number of likely N-dealkylation sites (N-methyl/N-ethyl adjacent to an activating group) is 1. The van der Waals surface area contributed by atoms with Gasteiger partial charge < -0.3 is 90.2 Å². The highest BCUT2D eigenvalue weighted by molar-refractivity contribution is 7.80. The smallest absolute Gasteiger partial charge is 0.289 e. The van der Waals surface area contributed by atoms with Crippen molar-refractivity contribution in [2.75, 3.05) is 20.3 Å². The van der Waals surface area contributed by atoms with E-state index in [1.807, 2.05) is 0 Å². The Balaban J connectivity index is 0.00000164. The summed E-state index contributed by atoms with van der Waals surface area (Å²) in [6, 6.07) is -3.42. The second-order valence-electron chi connectivity index (χ2n) is 11.7. The van der Waals surface area contributed by atoms with Crippen molar-refractivity contribution in [1.29, 1.82) is 10.8 Å². The number of guanidine groups is 2. The maximum atomic E-state index is 11.3. The highest BCUT2D eigenvalue weighted by Gasteiger charge is 2.62. The monoisotopic (exact) mass is 877 g/mol. The van der Waals surface area contributed by atoms with Gasteiger partial charge in [-0.05, 0) is 6.92 Å². The minimum atomic E-state index is -4.92. The van der Waals surface area contributed by atoms with Crippen LogP contribution in [0.2, 0.25) is 0 Å². The molecule has 34 heteroatoms. The Morgan fingerprint density at radius 1 is 0.727 bits per heavy atom. The van der Waals surface area contributed by atoms with E-state index in [-0.39, 0.29) is 0 Å². The molecule has 3 aliphatic rings. The lowest BCUT2D eigenvalue weighted by Gasteiger charge is -2.44. The minimum Gasteiger partial charge on any atom is -0.726 e. The second-order valence-corrected chi connectivity index (χ2v) is 14.3. The van der Waals surface area contributed by atoms with Crippen LogP contribution in [0.1, 0.15) is 6.92 Å². The summed E-state index contributed by atoms with van der Waals surface area (Å²) in [5.74, 6) is -0.975. The zero-order valence-electron chi connectivity index (χ0n) is 28.3. The first kappa shape index (κ1) is 53.0. The SMILES string of the molecule is C[NH2+][C@@H]1[C@H](O[C@H]2[C@H](O[C@H]3[C@H](O)[C@@H](O)[C@H]([NH2+]C(=N)N)[C@@H](O)[C@@H]3[NH2+]C(=N)N)O[C@@H](C)[C@]2(O)CO)O[C@@H](CO)[C@H](O)[C@H]1O.O=S(=O)([O-])O.O=S(=O)([O-])O.O=S(=O)([O-])O. The number of nitrogens with one attached hydrogen (secondary N) is 2. The fourth-order valence-electron chi connectivity index (χ4n) is 5.52. The Kier molecular flexibility index (Phi) is 20.8. The molecule has 0 unspecified atom stereocenters. The molecule has 2 aliphatic heterocycles. The molecule has 2 heterocycles. The lowest BCUT2D eigenvalue weighted by atomic mass is 9.81. The molecular weight excluding hydrogens is 830 g/mol. The van der Waals surface area contributed by atoms with Crippen LogP contribution < -0.4 is 27.4 Å². The van der Waals surface area contributed by atoms with Crippen molar-refractivity contribution >= 4 is 43.1 Å². The Morgan fingerprint density at radius 3 is 1.53 bits per heavy atom. The summed E-state index contributed by atoms with van der Waals surface area (Å²) in [5, 5.41) is 103. The first-order valence-corrected chi connectivity index (χ1v) is 19.0. The number of aliphatic hydroxyl groups excluding tert-OH is 7. The van der Waals surface area contributed by atoms with E-state index in [2.05, 4.69) is 0 Å². The highest BCUT2D eigenvalue weighted by atomic mass is 32.3. The summed E-state index contributed by atoms with van der Waals surface area (Å²) in [6.07, 6.45) is -16.2. The third kappa shape index (κ3) is 18.0. The Hall–Kier alpha value is -2.05. The molecule has 3 rings (SSSR count). The normalized spacial score (nSPS) is 37.9. The first-order valence-electron chi connectivity index (χ1n) is 14.9. The van der Waals surface area contributed by atoms with E-state index < -0.39 is 148 Å². The average Bonchev–Trinajstić information content (AvgIpc) is 3.23. The molecule has 55 heavy (non-hydrogen) atoms. The topological polar surface area (TPSA) is 581 Å². The molecule has 1 aliphatic carbocycles. The van der Waals surface area contributed by atoms with Crippen LogP contribution in [0.15, 0.2) is 0 Å². The zero-order chi connectivity index (χ0) is 43.6. The fraction of sp³-hybridized carbons (Fsp3) is 0.905. The van der Waals surface area contributed by atoms with Crippen molar-refractivity contribution in [3.8, 4) is 0 Å². The molecule has 15 atom stereocenters. The molecule has 2 saturated heterocycles. The zero-order valence-corrected chi connectivity index (χ0v) is 30.8. The van der Waals surface area contributed by atoms with Crippen LogP contribution in [0.5, 0.6) is 0 Å². The summed E-state index contributed by atoms with van der Waals surface area (Å²) in [5.41, 5.74) is 8.81. The summed E-state index contributed by atoms with van der Waals surface area (Å²) in [6.45, 7) is -0.146. The minimum absolute atomic E-state index is 0.478. The number of hydrogen-bond acceptors (Lipinski definition) is 23. The van der Waals surface area contributed by atoms with Crippen LogP contribution in [0.4, 0.5) is 0 Å². The largest absolute Gasteiger partial charge is 0.726 e. The summed E-state index contributed by atoms with van der Waals surface area (Å²) < 4.78 is 122. The molecular formula is C21H47N7O24S3. The standard InChI is InChI=1S/C21H41N7O12.3H2O4S/c1-5-21(36,4-30)16(40-17-9(26-2)13(34)10(31)6(3-29)38-17)18(37-5)39-15-8(28-20(24)25)11(32)7(27-19(22)23)12(33)14(15)35;3*1-5(2,3)4/h5-18,26,29-36H,3-4H2,1-2H3,(H4,22,23,27)(H4,24,25,28);3*(H2,1,2,3,4)/t5-,6-,7+,8-,9-,10-,11+,12-,13-,14+,15+,16-,17-,18-,21+;;;/m0.../s1. The summed E-state index contributed by atoms with van der Waals surface area (Å²) >= 11 is 0. The van der Waals surface area contributed by atoms with E-state index in [0.717, 1.165) is 10.6 Å². The number of rotatable bonds is 9. The van der Waals surface area contributed by atoms with E-state index in [9.17, 15) is 40.9 Å². The van der Waals surface area contributed by atoms with Crippen LogP contribution in [0, 0.1) is 10.8 Å². The lowest BCUT2D eigenvalue weighted by Crippen LogP contribution is -3.08. The van der Waals surface area contributed by atoms with E-state index in [4.69, 9.17) is 93.8 Å². The third-order valence-corrected chi connectivity index (χ3v) is 7.91. The van der Waals surface area contributed by atoms with Gasteiger partial charge in [-0.3, -0.25) is 24.3 Å². The van der Waals surface area contributed by atoms with Crippen LogP contribution in [-0.2, 0) is 50.1 Å². The van der Waals surface area contributed by atoms with Gasteiger partial charge in [-0.2, -0.15) is 0 Å². The molecule has 0 radical (unpaired) electrons.